The van der Waals surface area contributed by atoms with Crippen LogP contribution in [0.1, 0.15) is 16.7 Å². The summed E-state index contributed by atoms with van der Waals surface area (Å²) >= 11 is 0. The number of nitrogens with two attached hydrogens (primary N) is 1. The quantitative estimate of drug-likeness (QED) is 0.331. The Morgan fingerprint density at radius 2 is 1.61 bits per heavy atom. The lowest BCUT2D eigenvalue weighted by molar-refractivity contribution is 0.589. The zero-order valence-corrected chi connectivity index (χ0v) is 22.0. The highest BCUT2D eigenvalue weighted by atomic mass is 32.2. The van der Waals surface area contributed by atoms with E-state index < -0.39 is 20.0 Å². The number of fused-ring (bicyclic) bond motifs is 2. The molecule has 2 heterocycles. The third-order valence-electron chi connectivity index (χ3n) is 6.79. The summed E-state index contributed by atoms with van der Waals surface area (Å²) in [7, 11) is -8.13. The van der Waals surface area contributed by atoms with Gasteiger partial charge in [0, 0.05) is 17.1 Å². The van der Waals surface area contributed by atoms with Gasteiger partial charge in [0.25, 0.3) is 10.0 Å². The second-order valence-electron chi connectivity index (χ2n) is 9.27. The Kier molecular flexibility index (Phi) is 5.60. The van der Waals surface area contributed by atoms with Gasteiger partial charge in [-0.15, -0.1) is 0 Å². The molecule has 6 rings (SSSR count). The van der Waals surface area contributed by atoms with E-state index in [0.29, 0.717) is 10.9 Å². The van der Waals surface area contributed by atoms with Crippen molar-refractivity contribution in [3.63, 3.8) is 0 Å². The molecule has 3 aromatic carbocycles. The number of aromatic nitrogens is 2. The van der Waals surface area contributed by atoms with E-state index in [4.69, 9.17) is 5.14 Å². The zero-order valence-electron chi connectivity index (χ0n) is 20.4. The molecule has 7 nitrogen and oxygen atoms in total. The van der Waals surface area contributed by atoms with Crippen LogP contribution in [0.5, 0.6) is 0 Å². The van der Waals surface area contributed by atoms with Crippen LogP contribution in [0.3, 0.4) is 0 Å². The normalized spacial score (nSPS) is 13.2. The number of hydrogen-bond donors (Lipinski definition) is 1. The molecular weight excluding hydrogens is 518 g/mol. The van der Waals surface area contributed by atoms with Crippen LogP contribution in [0.25, 0.3) is 39.5 Å². The number of rotatable bonds is 5. The van der Waals surface area contributed by atoms with Crippen LogP contribution >= 0.6 is 0 Å². The molecule has 1 aliphatic rings. The van der Waals surface area contributed by atoms with Gasteiger partial charge in [-0.1, -0.05) is 60.2 Å². The lowest BCUT2D eigenvalue weighted by Gasteiger charge is -2.13. The summed E-state index contributed by atoms with van der Waals surface area (Å²) in [5.74, 6) is 0. The first-order valence-electron chi connectivity index (χ1n) is 11.9. The van der Waals surface area contributed by atoms with Crippen LogP contribution in [0, 0.1) is 6.92 Å². The highest BCUT2D eigenvalue weighted by Gasteiger charge is 2.27. The molecule has 0 spiro atoms. The number of aryl methyl sites for hydroxylation is 1. The summed E-state index contributed by atoms with van der Waals surface area (Å²) in [5, 5.41) is 6.02. The first kappa shape index (κ1) is 24.3. The molecule has 1 aliphatic carbocycles. The van der Waals surface area contributed by atoms with Crippen molar-refractivity contribution in [1.29, 1.82) is 0 Å². The number of benzene rings is 3. The predicted octanol–water partition coefficient (Wildman–Crippen LogP) is 5.13. The van der Waals surface area contributed by atoms with E-state index in [1.807, 2.05) is 25.1 Å². The van der Waals surface area contributed by atoms with Gasteiger partial charge in [0.15, 0.2) is 5.65 Å². The topological polar surface area (TPSA) is 112 Å². The average molecular weight is 542 g/mol. The number of primary sulfonamides is 1. The lowest BCUT2D eigenvalue weighted by atomic mass is 9.96. The maximum atomic E-state index is 14.1. The van der Waals surface area contributed by atoms with Gasteiger partial charge in [0.2, 0.25) is 10.0 Å². The first-order valence-corrected chi connectivity index (χ1v) is 14.9. The van der Waals surface area contributed by atoms with E-state index in [9.17, 15) is 16.8 Å². The van der Waals surface area contributed by atoms with E-state index in [2.05, 4.69) is 23.2 Å². The Bertz CT molecular complexity index is 1990. The van der Waals surface area contributed by atoms with E-state index >= 15 is 0 Å². The molecule has 2 N–H and O–H groups in total. The predicted molar refractivity (Wildman–Crippen MR) is 148 cm³/mol. The highest BCUT2D eigenvalue weighted by molar-refractivity contribution is 7.90. The number of sulfonamides is 1. The molecule has 2 aromatic heterocycles. The third kappa shape index (κ3) is 3.96. The summed E-state index contributed by atoms with van der Waals surface area (Å²) in [6.07, 6.45) is 6.62. The van der Waals surface area contributed by atoms with Gasteiger partial charge in [0.05, 0.1) is 15.5 Å². The average Bonchev–Trinajstić information content (AvgIpc) is 3.54. The highest BCUT2D eigenvalue weighted by Crippen LogP contribution is 2.39. The minimum atomic E-state index is -4.12. The molecule has 0 aliphatic heterocycles. The van der Waals surface area contributed by atoms with Crippen molar-refractivity contribution in [2.24, 2.45) is 5.14 Å². The van der Waals surface area contributed by atoms with Gasteiger partial charge in [-0.25, -0.2) is 30.9 Å². The Labute approximate surface area is 221 Å². The van der Waals surface area contributed by atoms with Crippen molar-refractivity contribution in [3.8, 4) is 22.4 Å². The third-order valence-corrected chi connectivity index (χ3v) is 9.42. The molecule has 0 saturated heterocycles. The van der Waals surface area contributed by atoms with Crippen LogP contribution in [0.4, 0.5) is 0 Å². The molecule has 38 heavy (non-hydrogen) atoms. The molecule has 0 atom stereocenters. The van der Waals surface area contributed by atoms with Crippen molar-refractivity contribution >= 4 is 37.2 Å². The zero-order chi connectivity index (χ0) is 26.7. The summed E-state index contributed by atoms with van der Waals surface area (Å²) in [4.78, 5) is 4.50. The fourth-order valence-electron chi connectivity index (χ4n) is 4.93. The van der Waals surface area contributed by atoms with Crippen molar-refractivity contribution in [2.75, 3.05) is 0 Å². The number of nitrogens with zero attached hydrogens (tertiary/aromatic N) is 2. The Morgan fingerprint density at radius 3 is 2.37 bits per heavy atom. The van der Waals surface area contributed by atoms with Crippen LogP contribution in [-0.2, 0) is 26.5 Å². The Morgan fingerprint density at radius 1 is 0.842 bits per heavy atom. The second-order valence-corrected chi connectivity index (χ2v) is 12.6. The molecule has 0 bridgehead atoms. The fourth-order valence-corrected chi connectivity index (χ4v) is 6.97. The Balaban J connectivity index is 1.69. The van der Waals surface area contributed by atoms with Gasteiger partial charge in [-0.2, -0.15) is 0 Å². The summed E-state index contributed by atoms with van der Waals surface area (Å²) in [5.41, 5.74) is 5.93. The molecular formula is C29H23N3O4S2. The van der Waals surface area contributed by atoms with Gasteiger partial charge in [0.1, 0.15) is 0 Å². The molecule has 190 valence electrons. The van der Waals surface area contributed by atoms with Crippen LogP contribution in [0.15, 0.2) is 101 Å². The largest absolute Gasteiger partial charge is 0.269 e. The molecule has 9 heteroatoms. The molecule has 0 fully saturated rings. The van der Waals surface area contributed by atoms with E-state index in [-0.39, 0.29) is 21.1 Å². The van der Waals surface area contributed by atoms with Crippen molar-refractivity contribution < 1.29 is 16.8 Å². The summed E-state index contributed by atoms with van der Waals surface area (Å²) in [6.45, 7) is 1.88. The number of allylic oxidation sites excluding steroid dienone is 1. The van der Waals surface area contributed by atoms with E-state index in [0.717, 1.165) is 28.7 Å². The van der Waals surface area contributed by atoms with Crippen molar-refractivity contribution in [2.45, 2.75) is 23.1 Å². The fraction of sp³-hybridized carbons (Fsp3) is 0.0690. The molecule has 5 aromatic rings. The van der Waals surface area contributed by atoms with Crippen LogP contribution in [0.2, 0.25) is 0 Å². The van der Waals surface area contributed by atoms with Gasteiger partial charge >= 0.3 is 0 Å². The number of hydrogen-bond acceptors (Lipinski definition) is 5. The van der Waals surface area contributed by atoms with Gasteiger partial charge in [-0.05, 0) is 72.0 Å². The monoisotopic (exact) mass is 541 g/mol. The smallest absolute Gasteiger partial charge is 0.237 e. The van der Waals surface area contributed by atoms with E-state index in [1.165, 1.54) is 21.7 Å². The maximum Gasteiger partial charge on any atom is 0.269 e. The molecule has 0 radical (unpaired) electrons. The summed E-state index contributed by atoms with van der Waals surface area (Å²) in [6, 6.07) is 22.2. The van der Waals surface area contributed by atoms with Crippen LogP contribution < -0.4 is 5.14 Å². The SMILES string of the molecule is Cc1ccc(S(=O)(=O)n2c(-c3cccc(S(N)(=O)=O)c3)cc3c(-c4cccc5c4C=CC5)ccnc32)cc1. The first-order chi connectivity index (χ1) is 18.1. The second kappa shape index (κ2) is 8.76. The molecule has 0 unspecified atom stereocenters. The minimum Gasteiger partial charge on any atom is -0.237 e. The van der Waals surface area contributed by atoms with Crippen molar-refractivity contribution in [1.82, 2.24) is 8.96 Å². The van der Waals surface area contributed by atoms with Gasteiger partial charge in [-0.3, -0.25) is 0 Å². The molecule has 0 amide bonds. The van der Waals surface area contributed by atoms with Crippen LogP contribution in [-0.4, -0.2) is 25.8 Å². The van der Waals surface area contributed by atoms with Gasteiger partial charge < -0.3 is 0 Å². The van der Waals surface area contributed by atoms with Crippen molar-refractivity contribution in [3.05, 3.63) is 108 Å². The summed E-state index contributed by atoms with van der Waals surface area (Å²) < 4.78 is 53.6. The minimum absolute atomic E-state index is 0.0974. The van der Waals surface area contributed by atoms with E-state index in [1.54, 1.807) is 48.7 Å². The Hall–Kier alpha value is -4.05. The molecule has 0 saturated carbocycles. The number of pyridine rings is 1. The lowest BCUT2D eigenvalue weighted by Crippen LogP contribution is -2.15. The maximum absolute atomic E-state index is 14.1. The standard InChI is InChI=1S/C29H23N3O4S2/c1-19-11-13-22(14-12-19)38(35,36)32-28(21-7-2-8-23(17-21)37(30,33)34)18-27-26(15-16-31-29(27)32)25-10-4-6-20-5-3-9-24(20)25/h2-4,6-18H,5H2,1H3,(H2,30,33,34).